The second kappa shape index (κ2) is 8.97. The maximum Gasteiger partial charge on any atom is 0.416 e. The molecule has 0 fully saturated rings. The molecule has 0 bridgehead atoms. The van der Waals surface area contributed by atoms with Crippen LogP contribution in [0.3, 0.4) is 0 Å². The Hall–Kier alpha value is -2.61. The Balaban J connectivity index is 1.62. The van der Waals surface area contributed by atoms with E-state index < -0.39 is 23.5 Å². The van der Waals surface area contributed by atoms with Crippen LogP contribution < -0.4 is 0 Å². The quantitative estimate of drug-likeness (QED) is 0.445. The van der Waals surface area contributed by atoms with E-state index in [9.17, 15) is 26.3 Å². The normalized spacial score (nSPS) is 22.9. The largest absolute Gasteiger partial charge is 0.416 e. The Morgan fingerprint density at radius 3 is 2.27 bits per heavy atom. The molecule has 1 heterocycles. The van der Waals surface area contributed by atoms with Gasteiger partial charge in [0.1, 0.15) is 0 Å². The topological polar surface area (TPSA) is 22.1 Å². The van der Waals surface area contributed by atoms with Crippen molar-refractivity contribution in [2.24, 2.45) is 5.92 Å². The molecule has 2 aliphatic carbocycles. The third kappa shape index (κ3) is 5.32. The van der Waals surface area contributed by atoms with Crippen LogP contribution in [0.5, 0.6) is 0 Å². The summed E-state index contributed by atoms with van der Waals surface area (Å²) in [5.41, 5.74) is 0.0865. The summed E-state index contributed by atoms with van der Waals surface area (Å²) in [7, 11) is 0. The minimum Gasteiger partial charge on any atom is -0.373 e. The van der Waals surface area contributed by atoms with Gasteiger partial charge in [0.15, 0.2) is 0 Å². The number of aryl methyl sites for hydroxylation is 2. The van der Waals surface area contributed by atoms with Gasteiger partial charge in [-0.25, -0.2) is 0 Å². The highest BCUT2D eigenvalue weighted by atomic mass is 19.4. The standard InChI is InChI=1S/C25H23F6NO/c1-15-7-8-20-21(32-15)9-10-22(23(20)17-5-3-2-4-6-17)33-14-16-11-18(24(26,27)28)13-19(12-16)25(29,30)31/h2-5,7-8,11-13,17,22-23H,6,9-10,14H2,1H3/t17?,22-,23+/m0/s1. The first-order valence-corrected chi connectivity index (χ1v) is 10.7. The molecule has 4 rings (SSSR count). The van der Waals surface area contributed by atoms with Crippen LogP contribution in [0.4, 0.5) is 26.3 Å². The highest BCUT2D eigenvalue weighted by Crippen LogP contribution is 2.42. The SMILES string of the molecule is Cc1ccc2c(n1)CC[C@H](OCc1cc(C(F)(F)F)cc(C(F)(F)F)c1)[C@@H]2C1C=CC=CC1. The molecule has 33 heavy (non-hydrogen) atoms. The zero-order valence-corrected chi connectivity index (χ0v) is 17.9. The summed E-state index contributed by atoms with van der Waals surface area (Å²) in [6.07, 6.45) is -0.108. The molecular formula is C25H23F6NO. The van der Waals surface area contributed by atoms with Crippen molar-refractivity contribution in [1.82, 2.24) is 4.98 Å². The highest BCUT2D eigenvalue weighted by molar-refractivity contribution is 5.35. The van der Waals surface area contributed by atoms with E-state index in [1.165, 1.54) is 0 Å². The van der Waals surface area contributed by atoms with E-state index in [2.05, 4.69) is 11.1 Å². The second-order valence-electron chi connectivity index (χ2n) is 8.53. The van der Waals surface area contributed by atoms with Gasteiger partial charge in [-0.3, -0.25) is 4.98 Å². The maximum atomic E-state index is 13.2. The van der Waals surface area contributed by atoms with Crippen LogP contribution in [0.25, 0.3) is 0 Å². The molecule has 8 heteroatoms. The molecular weight excluding hydrogens is 444 g/mol. The lowest BCUT2D eigenvalue weighted by Crippen LogP contribution is -2.33. The van der Waals surface area contributed by atoms with Gasteiger partial charge in [-0.2, -0.15) is 26.3 Å². The summed E-state index contributed by atoms with van der Waals surface area (Å²) in [6, 6.07) is 5.52. The number of allylic oxidation sites excluding steroid dienone is 4. The van der Waals surface area contributed by atoms with Crippen molar-refractivity contribution >= 4 is 0 Å². The molecule has 0 amide bonds. The average molecular weight is 467 g/mol. The van der Waals surface area contributed by atoms with Crippen LogP contribution in [0, 0.1) is 12.8 Å². The molecule has 0 spiro atoms. The summed E-state index contributed by atoms with van der Waals surface area (Å²) < 4.78 is 85.3. The van der Waals surface area contributed by atoms with Crippen molar-refractivity contribution in [2.45, 2.75) is 57.2 Å². The Morgan fingerprint density at radius 1 is 0.970 bits per heavy atom. The molecule has 1 aromatic heterocycles. The number of benzene rings is 1. The van der Waals surface area contributed by atoms with Crippen molar-refractivity contribution < 1.29 is 31.1 Å². The molecule has 2 nitrogen and oxygen atoms in total. The van der Waals surface area contributed by atoms with Crippen molar-refractivity contribution in [3.8, 4) is 0 Å². The Labute approximate surface area is 188 Å². The molecule has 0 saturated heterocycles. The number of rotatable bonds is 4. The van der Waals surface area contributed by atoms with Gasteiger partial charge in [0.05, 0.1) is 23.8 Å². The van der Waals surface area contributed by atoms with Gasteiger partial charge in [0.25, 0.3) is 0 Å². The maximum absolute atomic E-state index is 13.2. The van der Waals surface area contributed by atoms with Crippen LogP contribution >= 0.6 is 0 Å². The summed E-state index contributed by atoms with van der Waals surface area (Å²) in [4.78, 5) is 4.64. The van der Waals surface area contributed by atoms with Crippen LogP contribution in [-0.2, 0) is 30.1 Å². The van der Waals surface area contributed by atoms with Crippen LogP contribution in [0.1, 0.15) is 52.4 Å². The number of alkyl halides is 6. The van der Waals surface area contributed by atoms with Crippen molar-refractivity contribution in [1.29, 1.82) is 0 Å². The summed E-state index contributed by atoms with van der Waals surface area (Å²) in [6.45, 7) is 1.57. The van der Waals surface area contributed by atoms with Crippen LogP contribution in [0.15, 0.2) is 54.6 Å². The lowest BCUT2D eigenvalue weighted by molar-refractivity contribution is -0.143. The number of halogens is 6. The first kappa shape index (κ1) is 23.5. The number of fused-ring (bicyclic) bond motifs is 1. The van der Waals surface area contributed by atoms with E-state index >= 15 is 0 Å². The third-order valence-electron chi connectivity index (χ3n) is 6.16. The molecule has 176 valence electrons. The number of aromatic nitrogens is 1. The monoisotopic (exact) mass is 467 g/mol. The average Bonchev–Trinajstić information content (AvgIpc) is 2.76. The number of hydrogen-bond acceptors (Lipinski definition) is 2. The zero-order chi connectivity index (χ0) is 23.8. The summed E-state index contributed by atoms with van der Waals surface area (Å²) >= 11 is 0. The van der Waals surface area contributed by atoms with Crippen molar-refractivity contribution in [3.63, 3.8) is 0 Å². The Kier molecular flexibility index (Phi) is 6.40. The Morgan fingerprint density at radius 2 is 1.67 bits per heavy atom. The number of ether oxygens (including phenoxy) is 1. The van der Waals surface area contributed by atoms with Gasteiger partial charge in [-0.15, -0.1) is 0 Å². The molecule has 0 radical (unpaired) electrons. The van der Waals surface area contributed by atoms with Gasteiger partial charge in [-0.05, 0) is 67.5 Å². The predicted octanol–water partition coefficient (Wildman–Crippen LogP) is 7.18. The van der Waals surface area contributed by atoms with E-state index in [0.717, 1.165) is 35.5 Å². The van der Waals surface area contributed by atoms with E-state index in [-0.39, 0.29) is 36.2 Å². The summed E-state index contributed by atoms with van der Waals surface area (Å²) in [5, 5.41) is 0. The molecule has 0 saturated carbocycles. The number of hydrogen-bond donors (Lipinski definition) is 0. The molecule has 0 N–H and O–H groups in total. The van der Waals surface area contributed by atoms with Gasteiger partial charge >= 0.3 is 12.4 Å². The smallest absolute Gasteiger partial charge is 0.373 e. The fourth-order valence-electron chi connectivity index (χ4n) is 4.65. The number of nitrogens with zero attached hydrogens (tertiary/aromatic N) is 1. The highest BCUT2D eigenvalue weighted by Gasteiger charge is 2.38. The van der Waals surface area contributed by atoms with Gasteiger partial charge in [-0.1, -0.05) is 30.4 Å². The first-order chi connectivity index (χ1) is 15.5. The fourth-order valence-corrected chi connectivity index (χ4v) is 4.65. The Bertz CT molecular complexity index is 1040. The van der Waals surface area contributed by atoms with Crippen molar-refractivity contribution in [2.75, 3.05) is 0 Å². The molecule has 2 aromatic rings. The van der Waals surface area contributed by atoms with E-state index in [0.29, 0.717) is 12.8 Å². The first-order valence-electron chi connectivity index (χ1n) is 10.7. The lowest BCUT2D eigenvalue weighted by atomic mass is 9.73. The molecule has 1 aromatic carbocycles. The van der Waals surface area contributed by atoms with Crippen molar-refractivity contribution in [3.05, 3.63) is 88.3 Å². The fraction of sp³-hybridized carbons (Fsp3) is 0.400. The zero-order valence-electron chi connectivity index (χ0n) is 17.9. The van der Waals surface area contributed by atoms with E-state index in [4.69, 9.17) is 4.74 Å². The van der Waals surface area contributed by atoms with Gasteiger partial charge < -0.3 is 4.74 Å². The van der Waals surface area contributed by atoms with Crippen LogP contribution in [0.2, 0.25) is 0 Å². The van der Waals surface area contributed by atoms with Gasteiger partial charge in [0.2, 0.25) is 0 Å². The molecule has 0 aliphatic heterocycles. The third-order valence-corrected chi connectivity index (χ3v) is 6.16. The molecule has 2 aliphatic rings. The van der Waals surface area contributed by atoms with E-state index in [1.54, 1.807) is 0 Å². The summed E-state index contributed by atoms with van der Waals surface area (Å²) in [5.74, 6) is 0.0201. The van der Waals surface area contributed by atoms with E-state index in [1.807, 2.05) is 37.3 Å². The number of pyridine rings is 1. The predicted molar refractivity (Wildman–Crippen MR) is 111 cm³/mol. The van der Waals surface area contributed by atoms with Crippen LogP contribution in [-0.4, -0.2) is 11.1 Å². The minimum atomic E-state index is -4.88. The molecule has 3 atom stereocenters. The molecule has 1 unspecified atom stereocenters. The second-order valence-corrected chi connectivity index (χ2v) is 8.53. The minimum absolute atomic E-state index is 0.0871. The lowest BCUT2D eigenvalue weighted by Gasteiger charge is -2.37. The van der Waals surface area contributed by atoms with Gasteiger partial charge in [0, 0.05) is 17.3 Å².